The van der Waals surface area contributed by atoms with Crippen molar-refractivity contribution in [3.63, 3.8) is 0 Å². The van der Waals surface area contributed by atoms with Gasteiger partial charge in [-0.1, -0.05) is 19.3 Å². The van der Waals surface area contributed by atoms with Gasteiger partial charge in [0.05, 0.1) is 6.10 Å². The van der Waals surface area contributed by atoms with E-state index < -0.39 is 6.10 Å². The highest BCUT2D eigenvalue weighted by molar-refractivity contribution is 5.45. The summed E-state index contributed by atoms with van der Waals surface area (Å²) < 4.78 is 5.87. The Morgan fingerprint density at radius 2 is 2.10 bits per heavy atom. The number of aromatic nitrogens is 1. The van der Waals surface area contributed by atoms with Gasteiger partial charge in [0.15, 0.2) is 0 Å². The average molecular weight is 278 g/mol. The number of ether oxygens (including phenoxy) is 1. The van der Waals surface area contributed by atoms with Crippen LogP contribution in [-0.2, 0) is 4.74 Å². The van der Waals surface area contributed by atoms with E-state index in [4.69, 9.17) is 10.5 Å². The van der Waals surface area contributed by atoms with Crippen molar-refractivity contribution in [1.29, 1.82) is 0 Å². The third kappa shape index (κ3) is 3.30. The maximum absolute atomic E-state index is 10.8. The summed E-state index contributed by atoms with van der Waals surface area (Å²) in [6.45, 7) is 4.54. The Balaban J connectivity index is 2.23. The van der Waals surface area contributed by atoms with Crippen molar-refractivity contribution in [3.8, 4) is 0 Å². The van der Waals surface area contributed by atoms with Crippen LogP contribution < -0.4 is 5.73 Å². The maximum atomic E-state index is 10.8. The normalized spacial score (nSPS) is 19.8. The van der Waals surface area contributed by atoms with Crippen LogP contribution in [0.25, 0.3) is 0 Å². The minimum absolute atomic E-state index is 0.175. The first kappa shape index (κ1) is 15.3. The van der Waals surface area contributed by atoms with E-state index in [1.165, 1.54) is 19.3 Å². The van der Waals surface area contributed by atoms with Gasteiger partial charge >= 0.3 is 0 Å². The van der Waals surface area contributed by atoms with E-state index in [0.717, 1.165) is 24.0 Å². The molecule has 1 aliphatic carbocycles. The highest BCUT2D eigenvalue weighted by Crippen LogP contribution is 2.36. The highest BCUT2D eigenvalue weighted by Gasteiger charge is 2.32. The number of anilines is 1. The molecule has 0 amide bonds. The van der Waals surface area contributed by atoms with E-state index in [1.54, 1.807) is 6.20 Å². The summed E-state index contributed by atoms with van der Waals surface area (Å²) >= 11 is 0. The molecule has 1 heterocycles. The molecule has 0 aliphatic heterocycles. The fraction of sp³-hybridized carbons (Fsp3) is 0.688. The number of aliphatic hydroxyl groups is 1. The van der Waals surface area contributed by atoms with Crippen molar-refractivity contribution in [2.45, 2.75) is 58.2 Å². The van der Waals surface area contributed by atoms with Gasteiger partial charge in [-0.25, -0.2) is 4.98 Å². The number of hydrogen-bond acceptors (Lipinski definition) is 4. The first-order valence-corrected chi connectivity index (χ1v) is 7.65. The van der Waals surface area contributed by atoms with Gasteiger partial charge in [-0.15, -0.1) is 0 Å². The van der Waals surface area contributed by atoms with E-state index in [0.29, 0.717) is 18.3 Å². The molecule has 0 spiro atoms. The molecule has 4 nitrogen and oxygen atoms in total. The molecule has 1 aromatic rings. The fourth-order valence-electron chi connectivity index (χ4n) is 3.28. The summed E-state index contributed by atoms with van der Waals surface area (Å²) in [4.78, 5) is 4.11. The predicted molar refractivity (Wildman–Crippen MR) is 80.3 cm³/mol. The molecule has 1 aromatic heterocycles. The second-order valence-corrected chi connectivity index (χ2v) is 5.69. The van der Waals surface area contributed by atoms with Gasteiger partial charge in [-0.3, -0.25) is 0 Å². The second-order valence-electron chi connectivity index (χ2n) is 5.69. The summed E-state index contributed by atoms with van der Waals surface area (Å²) in [5.74, 6) is 0.829. The van der Waals surface area contributed by atoms with Crippen molar-refractivity contribution in [1.82, 2.24) is 4.98 Å². The molecule has 0 aromatic carbocycles. The number of nitrogens with two attached hydrogens (primary N) is 1. The first-order valence-electron chi connectivity index (χ1n) is 7.65. The van der Waals surface area contributed by atoms with Gasteiger partial charge in [0.25, 0.3) is 0 Å². The fourth-order valence-corrected chi connectivity index (χ4v) is 3.28. The van der Waals surface area contributed by atoms with E-state index in [1.807, 2.05) is 19.9 Å². The van der Waals surface area contributed by atoms with Gasteiger partial charge < -0.3 is 15.6 Å². The van der Waals surface area contributed by atoms with Crippen LogP contribution in [0.3, 0.4) is 0 Å². The van der Waals surface area contributed by atoms with Gasteiger partial charge in [-0.2, -0.15) is 0 Å². The molecular weight excluding hydrogens is 252 g/mol. The molecule has 4 heteroatoms. The van der Waals surface area contributed by atoms with Gasteiger partial charge in [0, 0.05) is 18.4 Å². The quantitative estimate of drug-likeness (QED) is 0.868. The highest BCUT2D eigenvalue weighted by atomic mass is 16.5. The largest absolute Gasteiger partial charge is 0.386 e. The van der Waals surface area contributed by atoms with Crippen molar-refractivity contribution in [3.05, 3.63) is 23.4 Å². The van der Waals surface area contributed by atoms with Crippen molar-refractivity contribution in [2.75, 3.05) is 12.3 Å². The van der Waals surface area contributed by atoms with E-state index >= 15 is 0 Å². The number of rotatable bonds is 5. The zero-order chi connectivity index (χ0) is 14.5. The zero-order valence-corrected chi connectivity index (χ0v) is 12.5. The van der Waals surface area contributed by atoms with Crippen LogP contribution in [-0.4, -0.2) is 22.8 Å². The summed E-state index contributed by atoms with van der Waals surface area (Å²) in [6, 6.07) is 1.89. The predicted octanol–water partition coefficient (Wildman–Crippen LogP) is 2.99. The Labute approximate surface area is 121 Å². The van der Waals surface area contributed by atoms with Crippen LogP contribution >= 0.6 is 0 Å². The van der Waals surface area contributed by atoms with Crippen LogP contribution in [0.1, 0.15) is 56.3 Å². The summed E-state index contributed by atoms with van der Waals surface area (Å²) in [5, 5.41) is 10.8. The molecule has 20 heavy (non-hydrogen) atoms. The number of pyridine rings is 1. The Morgan fingerprint density at radius 1 is 1.40 bits per heavy atom. The number of aliphatic hydroxyl groups excluding tert-OH is 1. The zero-order valence-electron chi connectivity index (χ0n) is 12.5. The van der Waals surface area contributed by atoms with Crippen molar-refractivity contribution < 1.29 is 9.84 Å². The molecule has 1 saturated carbocycles. The van der Waals surface area contributed by atoms with Gasteiger partial charge in [-0.05, 0) is 44.2 Å². The Kier molecular flexibility index (Phi) is 5.38. The van der Waals surface area contributed by atoms with Crippen LogP contribution in [0, 0.1) is 12.8 Å². The Hall–Kier alpha value is -1.13. The van der Waals surface area contributed by atoms with Crippen LogP contribution in [0.15, 0.2) is 12.3 Å². The lowest BCUT2D eigenvalue weighted by atomic mass is 9.81. The third-order valence-electron chi connectivity index (χ3n) is 4.32. The number of nitrogen functional groups attached to an aromatic ring is 1. The maximum Gasteiger partial charge on any atom is 0.129 e. The summed E-state index contributed by atoms with van der Waals surface area (Å²) in [5.41, 5.74) is 7.67. The molecule has 0 radical (unpaired) electrons. The number of nitrogens with zero attached hydrogens (tertiary/aromatic N) is 1. The number of hydrogen-bond donors (Lipinski definition) is 2. The third-order valence-corrected chi connectivity index (χ3v) is 4.32. The topological polar surface area (TPSA) is 68.4 Å². The Morgan fingerprint density at radius 3 is 2.70 bits per heavy atom. The van der Waals surface area contributed by atoms with Crippen molar-refractivity contribution in [2.24, 2.45) is 5.92 Å². The SMILES string of the molecule is CCOC(C1CCCCC1)C(O)c1c(C)ccnc1N. The molecule has 3 N–H and O–H groups in total. The molecule has 1 aliphatic rings. The second kappa shape index (κ2) is 7.04. The minimum Gasteiger partial charge on any atom is -0.386 e. The van der Waals surface area contributed by atoms with Crippen LogP contribution in [0.5, 0.6) is 0 Å². The molecular formula is C16H26N2O2. The van der Waals surface area contributed by atoms with E-state index in [-0.39, 0.29) is 6.10 Å². The van der Waals surface area contributed by atoms with Crippen LogP contribution in [0.4, 0.5) is 5.82 Å². The lowest BCUT2D eigenvalue weighted by Crippen LogP contribution is -2.33. The Bertz CT molecular complexity index is 410. The molecule has 112 valence electrons. The standard InChI is InChI=1S/C16H26N2O2/c1-3-20-15(12-7-5-4-6-8-12)14(19)13-11(2)9-10-18-16(13)17/h9-10,12,14-15,19H,3-8H2,1-2H3,(H2,17,18). The van der Waals surface area contributed by atoms with Crippen molar-refractivity contribution >= 4 is 5.82 Å². The molecule has 2 unspecified atom stereocenters. The summed E-state index contributed by atoms with van der Waals surface area (Å²) in [7, 11) is 0. The van der Waals surface area contributed by atoms with Gasteiger partial charge in [0.1, 0.15) is 11.9 Å². The number of aryl methyl sites for hydroxylation is 1. The van der Waals surface area contributed by atoms with Crippen LogP contribution in [0.2, 0.25) is 0 Å². The monoisotopic (exact) mass is 278 g/mol. The molecule has 2 atom stereocenters. The molecule has 0 saturated heterocycles. The van der Waals surface area contributed by atoms with E-state index in [2.05, 4.69) is 4.98 Å². The van der Waals surface area contributed by atoms with E-state index in [9.17, 15) is 5.11 Å². The first-order chi connectivity index (χ1) is 9.65. The minimum atomic E-state index is -0.688. The molecule has 1 fully saturated rings. The average Bonchev–Trinajstić information content (AvgIpc) is 2.45. The smallest absolute Gasteiger partial charge is 0.129 e. The lowest BCUT2D eigenvalue weighted by molar-refractivity contribution is -0.0739. The summed E-state index contributed by atoms with van der Waals surface area (Å²) in [6.07, 6.45) is 6.81. The molecule has 0 bridgehead atoms. The van der Waals surface area contributed by atoms with Gasteiger partial charge in [0.2, 0.25) is 0 Å². The molecule has 2 rings (SSSR count). The lowest BCUT2D eigenvalue weighted by Gasteiger charge is -2.34.